The fourth-order valence-electron chi connectivity index (χ4n) is 3.00. The number of hydrogen-bond acceptors (Lipinski definition) is 4. The Morgan fingerprint density at radius 1 is 1.04 bits per heavy atom. The highest BCUT2D eigenvalue weighted by atomic mass is 15.3. The van der Waals surface area contributed by atoms with Crippen molar-refractivity contribution in [3.63, 3.8) is 0 Å². The van der Waals surface area contributed by atoms with E-state index in [1.165, 1.54) is 0 Å². The number of aromatic nitrogens is 5. The monoisotopic (exact) mass is 362 g/mol. The second-order valence-corrected chi connectivity index (χ2v) is 6.17. The summed E-state index contributed by atoms with van der Waals surface area (Å²) in [5.74, 6) is 2.47. The Morgan fingerprint density at radius 2 is 1.89 bits per heavy atom. The van der Waals surface area contributed by atoms with Crippen molar-refractivity contribution in [3.05, 3.63) is 60.3 Å². The molecule has 4 aromatic rings. The first-order valence-electron chi connectivity index (χ1n) is 8.97. The lowest BCUT2D eigenvalue weighted by atomic mass is 10.3. The highest BCUT2D eigenvalue weighted by Crippen LogP contribution is 2.14. The van der Waals surface area contributed by atoms with Crippen molar-refractivity contribution in [1.82, 2.24) is 34.8 Å². The number of hydrogen-bond donors (Lipinski definition) is 2. The molecule has 0 aliphatic carbocycles. The summed E-state index contributed by atoms with van der Waals surface area (Å²) in [4.78, 5) is 9.34. The van der Waals surface area contributed by atoms with E-state index in [-0.39, 0.29) is 0 Å². The van der Waals surface area contributed by atoms with Crippen LogP contribution < -0.4 is 10.6 Å². The lowest BCUT2D eigenvalue weighted by Crippen LogP contribution is -2.37. The van der Waals surface area contributed by atoms with E-state index in [2.05, 4.69) is 41.4 Å². The van der Waals surface area contributed by atoms with Crippen LogP contribution in [0, 0.1) is 0 Å². The van der Waals surface area contributed by atoms with Crippen LogP contribution in [0.2, 0.25) is 0 Å². The van der Waals surface area contributed by atoms with E-state index in [9.17, 15) is 0 Å². The van der Waals surface area contributed by atoms with Gasteiger partial charge in [0, 0.05) is 19.8 Å². The lowest BCUT2D eigenvalue weighted by Gasteiger charge is -2.10. The average molecular weight is 362 g/mol. The molecule has 0 aliphatic heterocycles. The lowest BCUT2D eigenvalue weighted by molar-refractivity contribution is 0.752. The van der Waals surface area contributed by atoms with E-state index in [0.29, 0.717) is 13.1 Å². The van der Waals surface area contributed by atoms with Crippen molar-refractivity contribution in [2.24, 2.45) is 12.0 Å². The Labute approximate surface area is 157 Å². The zero-order chi connectivity index (χ0) is 18.6. The number of imidazole rings is 1. The van der Waals surface area contributed by atoms with E-state index in [0.717, 1.165) is 40.8 Å². The summed E-state index contributed by atoms with van der Waals surface area (Å²) < 4.78 is 4.04. The first kappa shape index (κ1) is 17.0. The van der Waals surface area contributed by atoms with Gasteiger partial charge in [0.2, 0.25) is 0 Å². The molecule has 0 saturated carbocycles. The van der Waals surface area contributed by atoms with Gasteiger partial charge in [-0.05, 0) is 31.2 Å². The second kappa shape index (κ2) is 7.45. The number of nitrogens with one attached hydrogen (secondary N) is 2. The van der Waals surface area contributed by atoms with Crippen LogP contribution in [0.4, 0.5) is 0 Å². The van der Waals surface area contributed by atoms with Crippen LogP contribution in [-0.4, -0.2) is 36.7 Å². The minimum absolute atomic E-state index is 0.487. The summed E-state index contributed by atoms with van der Waals surface area (Å²) in [5, 5.41) is 15.0. The maximum absolute atomic E-state index is 4.67. The van der Waals surface area contributed by atoms with Crippen LogP contribution in [0.15, 0.2) is 53.7 Å². The largest absolute Gasteiger partial charge is 0.357 e. The van der Waals surface area contributed by atoms with E-state index < -0.39 is 0 Å². The number of rotatable bonds is 5. The molecule has 0 unspecified atom stereocenters. The Balaban J connectivity index is 1.50. The smallest absolute Gasteiger partial charge is 0.192 e. The molecule has 0 amide bonds. The normalized spacial score (nSPS) is 12.0. The molecule has 27 heavy (non-hydrogen) atoms. The van der Waals surface area contributed by atoms with Gasteiger partial charge in [0.15, 0.2) is 17.4 Å². The number of aliphatic imine (C=N–C) groups is 1. The predicted octanol–water partition coefficient (Wildman–Crippen LogP) is 1.87. The Kier molecular flexibility index (Phi) is 4.69. The van der Waals surface area contributed by atoms with Crippen LogP contribution in [-0.2, 0) is 20.1 Å². The molecule has 0 fully saturated rings. The molecular formula is C19H22N8. The number of fused-ring (bicyclic) bond motifs is 2. The van der Waals surface area contributed by atoms with E-state index in [1.807, 2.05) is 61.0 Å². The number of aryl methyl sites for hydroxylation is 1. The highest BCUT2D eigenvalue weighted by molar-refractivity contribution is 5.80. The van der Waals surface area contributed by atoms with Gasteiger partial charge in [0.1, 0.15) is 12.4 Å². The molecule has 8 heteroatoms. The molecule has 138 valence electrons. The zero-order valence-electron chi connectivity index (χ0n) is 15.4. The molecule has 0 saturated heterocycles. The summed E-state index contributed by atoms with van der Waals surface area (Å²) >= 11 is 0. The molecule has 0 aliphatic rings. The fourth-order valence-corrected chi connectivity index (χ4v) is 3.00. The third kappa shape index (κ3) is 3.46. The second-order valence-electron chi connectivity index (χ2n) is 6.17. The van der Waals surface area contributed by atoms with Crippen LogP contribution in [0.1, 0.15) is 18.6 Å². The molecule has 0 radical (unpaired) electrons. The quantitative estimate of drug-likeness (QED) is 0.418. The predicted molar refractivity (Wildman–Crippen MR) is 105 cm³/mol. The van der Waals surface area contributed by atoms with Crippen molar-refractivity contribution in [2.75, 3.05) is 6.54 Å². The molecular weight excluding hydrogens is 340 g/mol. The molecule has 2 N–H and O–H groups in total. The highest BCUT2D eigenvalue weighted by Gasteiger charge is 2.08. The topological polar surface area (TPSA) is 84.4 Å². The van der Waals surface area contributed by atoms with Crippen molar-refractivity contribution >= 4 is 22.6 Å². The summed E-state index contributed by atoms with van der Waals surface area (Å²) in [6.07, 6.45) is 1.95. The van der Waals surface area contributed by atoms with Gasteiger partial charge in [0.05, 0.1) is 17.6 Å². The molecule has 3 heterocycles. The zero-order valence-corrected chi connectivity index (χ0v) is 15.4. The number of para-hydroxylation sites is 2. The minimum Gasteiger partial charge on any atom is -0.357 e. The van der Waals surface area contributed by atoms with Gasteiger partial charge in [-0.1, -0.05) is 18.2 Å². The van der Waals surface area contributed by atoms with Crippen molar-refractivity contribution in [3.8, 4) is 0 Å². The van der Waals surface area contributed by atoms with Gasteiger partial charge < -0.3 is 15.2 Å². The molecule has 1 aromatic carbocycles. The van der Waals surface area contributed by atoms with Crippen LogP contribution in [0.3, 0.4) is 0 Å². The first-order valence-corrected chi connectivity index (χ1v) is 8.97. The van der Waals surface area contributed by atoms with E-state index in [4.69, 9.17) is 0 Å². The van der Waals surface area contributed by atoms with Gasteiger partial charge in [-0.25, -0.2) is 9.98 Å². The van der Waals surface area contributed by atoms with Gasteiger partial charge >= 0.3 is 0 Å². The van der Waals surface area contributed by atoms with Gasteiger partial charge in [-0.2, -0.15) is 0 Å². The number of nitrogens with zero attached hydrogens (tertiary/aromatic N) is 6. The van der Waals surface area contributed by atoms with Gasteiger partial charge in [-0.15, -0.1) is 10.2 Å². The minimum atomic E-state index is 0.487. The number of pyridine rings is 1. The number of benzene rings is 1. The molecule has 3 aromatic heterocycles. The average Bonchev–Trinajstić information content (AvgIpc) is 3.25. The summed E-state index contributed by atoms with van der Waals surface area (Å²) in [5.41, 5.74) is 2.92. The summed E-state index contributed by atoms with van der Waals surface area (Å²) in [7, 11) is 2.02. The standard InChI is InChI=1S/C19H22N8/c1-3-20-19(22-13-18-25-24-16-10-6-7-11-27(16)18)21-12-17-23-14-8-4-5-9-15(14)26(17)2/h4-11H,3,12-13H2,1-2H3,(H2,20,21,22). The van der Waals surface area contributed by atoms with Gasteiger partial charge in [0.25, 0.3) is 0 Å². The SMILES string of the molecule is CCNC(=NCc1nc2ccccc2n1C)NCc1nnc2ccccn12. The summed E-state index contributed by atoms with van der Waals surface area (Å²) in [6.45, 7) is 3.83. The Bertz CT molecular complexity index is 1090. The van der Waals surface area contributed by atoms with Crippen LogP contribution in [0.5, 0.6) is 0 Å². The Morgan fingerprint density at radius 3 is 2.74 bits per heavy atom. The molecule has 0 atom stereocenters. The van der Waals surface area contributed by atoms with E-state index >= 15 is 0 Å². The maximum Gasteiger partial charge on any atom is 0.192 e. The van der Waals surface area contributed by atoms with Crippen molar-refractivity contribution < 1.29 is 0 Å². The number of guanidine groups is 1. The van der Waals surface area contributed by atoms with Gasteiger partial charge in [-0.3, -0.25) is 4.40 Å². The third-order valence-corrected chi connectivity index (χ3v) is 4.40. The first-order chi connectivity index (χ1) is 13.3. The Hall–Kier alpha value is -3.42. The maximum atomic E-state index is 4.67. The molecule has 0 spiro atoms. The van der Waals surface area contributed by atoms with E-state index in [1.54, 1.807) is 0 Å². The summed E-state index contributed by atoms with van der Waals surface area (Å²) in [6, 6.07) is 13.9. The fraction of sp³-hybridized carbons (Fsp3) is 0.263. The molecule has 4 rings (SSSR count). The molecule has 0 bridgehead atoms. The molecule has 8 nitrogen and oxygen atoms in total. The van der Waals surface area contributed by atoms with Crippen molar-refractivity contribution in [1.29, 1.82) is 0 Å². The van der Waals surface area contributed by atoms with Crippen molar-refractivity contribution in [2.45, 2.75) is 20.0 Å². The van der Waals surface area contributed by atoms with Crippen LogP contribution >= 0.6 is 0 Å². The van der Waals surface area contributed by atoms with Crippen LogP contribution in [0.25, 0.3) is 16.7 Å². The third-order valence-electron chi connectivity index (χ3n) is 4.40.